The van der Waals surface area contributed by atoms with E-state index in [0.29, 0.717) is 17.9 Å². The molecule has 0 spiro atoms. The summed E-state index contributed by atoms with van der Waals surface area (Å²) in [4.78, 5) is 2.69. The van der Waals surface area contributed by atoms with Crippen LogP contribution < -0.4 is 5.32 Å². The van der Waals surface area contributed by atoms with Crippen LogP contribution in [0.5, 0.6) is 0 Å². The number of rotatable bonds is 7. The molecule has 2 rings (SSSR count). The summed E-state index contributed by atoms with van der Waals surface area (Å²) in [6.45, 7) is 8.68. The highest BCUT2D eigenvalue weighted by atomic mass is 16.3. The van der Waals surface area contributed by atoms with Crippen LogP contribution in [-0.2, 0) is 0 Å². The van der Waals surface area contributed by atoms with Crippen LogP contribution in [0.3, 0.4) is 0 Å². The minimum absolute atomic E-state index is 0.386. The van der Waals surface area contributed by atoms with E-state index in [-0.39, 0.29) is 0 Å². The van der Waals surface area contributed by atoms with Crippen molar-refractivity contribution in [1.82, 2.24) is 10.2 Å². The second-order valence-corrected chi connectivity index (χ2v) is 7.49. The van der Waals surface area contributed by atoms with E-state index in [9.17, 15) is 5.11 Å². The molecule has 2 aliphatic rings. The van der Waals surface area contributed by atoms with Crippen LogP contribution in [0.15, 0.2) is 0 Å². The van der Waals surface area contributed by atoms with Gasteiger partial charge < -0.3 is 15.3 Å². The summed E-state index contributed by atoms with van der Waals surface area (Å²) in [5.74, 6) is 0.560. The molecule has 0 atom stereocenters. The zero-order chi connectivity index (χ0) is 15.0. The zero-order valence-corrected chi connectivity index (χ0v) is 14.1. The van der Waals surface area contributed by atoms with E-state index in [2.05, 4.69) is 17.1 Å². The second kappa shape index (κ2) is 9.12. The Morgan fingerprint density at radius 1 is 1.10 bits per heavy atom. The fourth-order valence-electron chi connectivity index (χ4n) is 4.20. The van der Waals surface area contributed by atoms with E-state index >= 15 is 0 Å². The van der Waals surface area contributed by atoms with E-state index in [4.69, 9.17) is 0 Å². The van der Waals surface area contributed by atoms with Gasteiger partial charge in [-0.05, 0) is 63.1 Å². The van der Waals surface area contributed by atoms with Gasteiger partial charge in [0.2, 0.25) is 0 Å². The quantitative estimate of drug-likeness (QED) is 0.560. The summed E-state index contributed by atoms with van der Waals surface area (Å²) in [7, 11) is 0. The Bertz CT molecular complexity index is 266. The summed E-state index contributed by atoms with van der Waals surface area (Å²) in [5, 5.41) is 13.0. The van der Waals surface area contributed by atoms with E-state index in [1.165, 1.54) is 84.0 Å². The maximum Gasteiger partial charge on any atom is 0.0460 e. The van der Waals surface area contributed by atoms with E-state index in [0.717, 1.165) is 6.54 Å². The molecule has 0 amide bonds. The van der Waals surface area contributed by atoms with Crippen molar-refractivity contribution in [3.8, 4) is 0 Å². The number of hydrogen-bond acceptors (Lipinski definition) is 3. The highest BCUT2D eigenvalue weighted by Crippen LogP contribution is 2.36. The lowest BCUT2D eigenvalue weighted by atomic mass is 9.79. The molecule has 2 N–H and O–H groups in total. The Morgan fingerprint density at radius 2 is 1.76 bits per heavy atom. The highest BCUT2D eigenvalue weighted by molar-refractivity contribution is 4.88. The molecule has 0 aromatic heterocycles. The lowest BCUT2D eigenvalue weighted by Gasteiger charge is -2.41. The summed E-state index contributed by atoms with van der Waals surface area (Å²) in [6, 6.07) is 0. The molecule has 3 heteroatoms. The monoisotopic (exact) mass is 296 g/mol. The summed E-state index contributed by atoms with van der Waals surface area (Å²) in [6.07, 6.45) is 12.1. The number of nitrogens with zero attached hydrogens (tertiary/aromatic N) is 1. The lowest BCUT2D eigenvalue weighted by molar-refractivity contribution is 0.0788. The van der Waals surface area contributed by atoms with Crippen LogP contribution >= 0.6 is 0 Å². The van der Waals surface area contributed by atoms with Gasteiger partial charge in [-0.1, -0.05) is 32.6 Å². The Hall–Kier alpha value is -0.120. The maximum atomic E-state index is 9.30. The predicted octanol–water partition coefficient (Wildman–Crippen LogP) is 3.03. The van der Waals surface area contributed by atoms with Gasteiger partial charge in [0.05, 0.1) is 0 Å². The van der Waals surface area contributed by atoms with Crippen molar-refractivity contribution in [2.24, 2.45) is 11.3 Å². The summed E-state index contributed by atoms with van der Waals surface area (Å²) in [5.41, 5.74) is 0.512. The standard InChI is InChI=1S/C18H36N2O/c1-2-11-19-15-18(9-5-3-4-6-10-18)16-20-12-7-17(14-21)8-13-20/h17,19,21H,2-16H2,1H3. The van der Waals surface area contributed by atoms with Gasteiger partial charge in [0.15, 0.2) is 0 Å². The van der Waals surface area contributed by atoms with Crippen molar-refractivity contribution in [2.75, 3.05) is 39.3 Å². The van der Waals surface area contributed by atoms with Gasteiger partial charge >= 0.3 is 0 Å². The molecule has 0 aromatic carbocycles. The number of likely N-dealkylation sites (tertiary alicyclic amines) is 1. The zero-order valence-electron chi connectivity index (χ0n) is 14.1. The molecular weight excluding hydrogens is 260 g/mol. The van der Waals surface area contributed by atoms with Crippen LogP contribution in [0, 0.1) is 11.3 Å². The maximum absolute atomic E-state index is 9.30. The van der Waals surface area contributed by atoms with Gasteiger partial charge in [0.1, 0.15) is 0 Å². The van der Waals surface area contributed by atoms with Gasteiger partial charge in [-0.25, -0.2) is 0 Å². The minimum atomic E-state index is 0.386. The molecule has 1 heterocycles. The lowest BCUT2D eigenvalue weighted by Crippen LogP contribution is -2.47. The van der Waals surface area contributed by atoms with Crippen LogP contribution in [0.1, 0.15) is 64.7 Å². The van der Waals surface area contributed by atoms with Gasteiger partial charge in [0, 0.05) is 19.7 Å². The van der Waals surface area contributed by atoms with Crippen molar-refractivity contribution >= 4 is 0 Å². The normalized spacial score (nSPS) is 24.9. The van der Waals surface area contributed by atoms with E-state index in [1.807, 2.05) is 0 Å². The Kier molecular flexibility index (Phi) is 7.48. The molecule has 124 valence electrons. The molecule has 3 nitrogen and oxygen atoms in total. The van der Waals surface area contributed by atoms with Crippen LogP contribution in [0.25, 0.3) is 0 Å². The Balaban J connectivity index is 1.88. The number of aliphatic hydroxyl groups is 1. The van der Waals surface area contributed by atoms with Gasteiger partial charge in [-0.2, -0.15) is 0 Å². The first-order valence-corrected chi connectivity index (χ1v) is 9.32. The molecule has 0 unspecified atom stereocenters. The second-order valence-electron chi connectivity index (χ2n) is 7.49. The molecule has 0 radical (unpaired) electrons. The van der Waals surface area contributed by atoms with Gasteiger partial charge in [-0.15, -0.1) is 0 Å². The van der Waals surface area contributed by atoms with Crippen LogP contribution in [-0.4, -0.2) is 49.3 Å². The van der Waals surface area contributed by atoms with Gasteiger partial charge in [-0.3, -0.25) is 0 Å². The first-order valence-electron chi connectivity index (χ1n) is 9.32. The predicted molar refractivity (Wildman–Crippen MR) is 89.5 cm³/mol. The van der Waals surface area contributed by atoms with E-state index in [1.54, 1.807) is 0 Å². The van der Waals surface area contributed by atoms with Crippen molar-refractivity contribution in [2.45, 2.75) is 64.7 Å². The molecule has 1 saturated heterocycles. The molecule has 2 fully saturated rings. The number of nitrogens with one attached hydrogen (secondary N) is 1. The van der Waals surface area contributed by atoms with Crippen molar-refractivity contribution < 1.29 is 5.11 Å². The first kappa shape index (κ1) is 17.2. The molecular formula is C18H36N2O. The third kappa shape index (κ3) is 5.54. The summed E-state index contributed by atoms with van der Waals surface area (Å²) < 4.78 is 0. The summed E-state index contributed by atoms with van der Waals surface area (Å²) >= 11 is 0. The average molecular weight is 296 g/mol. The molecule has 21 heavy (non-hydrogen) atoms. The number of piperidine rings is 1. The number of hydrogen-bond donors (Lipinski definition) is 2. The molecule has 0 aromatic rings. The fourth-order valence-corrected chi connectivity index (χ4v) is 4.20. The highest BCUT2D eigenvalue weighted by Gasteiger charge is 2.33. The minimum Gasteiger partial charge on any atom is -0.396 e. The van der Waals surface area contributed by atoms with Crippen molar-refractivity contribution in [1.29, 1.82) is 0 Å². The molecule has 1 aliphatic heterocycles. The van der Waals surface area contributed by atoms with Crippen LogP contribution in [0.2, 0.25) is 0 Å². The topological polar surface area (TPSA) is 35.5 Å². The smallest absolute Gasteiger partial charge is 0.0460 e. The van der Waals surface area contributed by atoms with Crippen LogP contribution in [0.4, 0.5) is 0 Å². The third-order valence-corrected chi connectivity index (χ3v) is 5.62. The third-order valence-electron chi connectivity index (χ3n) is 5.62. The van der Waals surface area contributed by atoms with Crippen molar-refractivity contribution in [3.05, 3.63) is 0 Å². The Morgan fingerprint density at radius 3 is 2.33 bits per heavy atom. The molecule has 1 saturated carbocycles. The van der Waals surface area contributed by atoms with Crippen molar-refractivity contribution in [3.63, 3.8) is 0 Å². The SMILES string of the molecule is CCCNCC1(CN2CCC(CO)CC2)CCCCCC1. The van der Waals surface area contributed by atoms with E-state index < -0.39 is 0 Å². The first-order chi connectivity index (χ1) is 10.3. The molecule has 0 bridgehead atoms. The fraction of sp³-hybridized carbons (Fsp3) is 1.00. The molecule has 1 aliphatic carbocycles. The Labute approximate surface area is 131 Å². The number of aliphatic hydroxyl groups excluding tert-OH is 1. The van der Waals surface area contributed by atoms with Gasteiger partial charge in [0.25, 0.3) is 0 Å². The average Bonchev–Trinajstić information content (AvgIpc) is 2.74. The largest absolute Gasteiger partial charge is 0.396 e.